The van der Waals surface area contributed by atoms with Crippen molar-refractivity contribution < 1.29 is 4.74 Å². The summed E-state index contributed by atoms with van der Waals surface area (Å²) >= 11 is 6.00. The second-order valence-corrected chi connectivity index (χ2v) is 4.80. The summed E-state index contributed by atoms with van der Waals surface area (Å²) in [6, 6.07) is 10.6. The second kappa shape index (κ2) is 5.93. The molecule has 21 heavy (non-hydrogen) atoms. The van der Waals surface area contributed by atoms with Crippen LogP contribution in [0.15, 0.2) is 53.7 Å². The standard InChI is InChI=1S/C15H12ClN3O2/c16-12-5-1-2-6-13(12)21-9-8-19-10-18-14-11(15(19)20)4-3-7-17-14/h1-7,10H,8-9H2. The van der Waals surface area contributed by atoms with Gasteiger partial charge in [-0.3, -0.25) is 9.36 Å². The average Bonchev–Trinajstić information content (AvgIpc) is 2.52. The van der Waals surface area contributed by atoms with Crippen LogP contribution in [-0.4, -0.2) is 21.1 Å². The lowest BCUT2D eigenvalue weighted by Crippen LogP contribution is -2.23. The van der Waals surface area contributed by atoms with E-state index in [-0.39, 0.29) is 5.56 Å². The molecule has 0 amide bonds. The fraction of sp³-hybridized carbons (Fsp3) is 0.133. The molecule has 3 aromatic rings. The van der Waals surface area contributed by atoms with Crippen molar-refractivity contribution in [3.8, 4) is 5.75 Å². The van der Waals surface area contributed by atoms with Crippen molar-refractivity contribution in [2.45, 2.75) is 6.54 Å². The molecular weight excluding hydrogens is 290 g/mol. The molecule has 0 spiro atoms. The molecule has 0 saturated carbocycles. The van der Waals surface area contributed by atoms with Gasteiger partial charge in [0.05, 0.1) is 17.0 Å². The van der Waals surface area contributed by atoms with Crippen molar-refractivity contribution >= 4 is 22.6 Å². The summed E-state index contributed by atoms with van der Waals surface area (Å²) in [7, 11) is 0. The van der Waals surface area contributed by atoms with Crippen molar-refractivity contribution in [1.82, 2.24) is 14.5 Å². The molecule has 3 rings (SSSR count). The summed E-state index contributed by atoms with van der Waals surface area (Å²) in [5.41, 5.74) is 0.321. The molecule has 5 nitrogen and oxygen atoms in total. The third kappa shape index (κ3) is 2.87. The summed E-state index contributed by atoms with van der Waals surface area (Å²) < 4.78 is 7.07. The van der Waals surface area contributed by atoms with E-state index in [1.54, 1.807) is 30.5 Å². The lowest BCUT2D eigenvalue weighted by Gasteiger charge is -2.09. The van der Waals surface area contributed by atoms with Gasteiger partial charge < -0.3 is 4.74 Å². The van der Waals surface area contributed by atoms with Crippen LogP contribution in [0.3, 0.4) is 0 Å². The lowest BCUT2D eigenvalue weighted by molar-refractivity contribution is 0.296. The number of rotatable bonds is 4. The van der Waals surface area contributed by atoms with Gasteiger partial charge in [0.2, 0.25) is 0 Å². The van der Waals surface area contributed by atoms with Gasteiger partial charge in [0.1, 0.15) is 18.7 Å². The average molecular weight is 302 g/mol. The van der Waals surface area contributed by atoms with E-state index < -0.39 is 0 Å². The first-order valence-electron chi connectivity index (χ1n) is 6.43. The van der Waals surface area contributed by atoms with E-state index in [0.717, 1.165) is 0 Å². The number of aromatic nitrogens is 3. The minimum atomic E-state index is -0.129. The van der Waals surface area contributed by atoms with Crippen LogP contribution in [0.5, 0.6) is 5.75 Å². The Morgan fingerprint density at radius 3 is 2.86 bits per heavy atom. The van der Waals surface area contributed by atoms with E-state index in [0.29, 0.717) is 35.0 Å². The fourth-order valence-electron chi connectivity index (χ4n) is 1.97. The molecule has 0 aliphatic heterocycles. The summed E-state index contributed by atoms with van der Waals surface area (Å²) in [6.07, 6.45) is 3.09. The Morgan fingerprint density at radius 1 is 1.14 bits per heavy atom. The lowest BCUT2D eigenvalue weighted by atomic mass is 10.3. The van der Waals surface area contributed by atoms with Gasteiger partial charge in [-0.05, 0) is 24.3 Å². The van der Waals surface area contributed by atoms with E-state index in [4.69, 9.17) is 16.3 Å². The van der Waals surface area contributed by atoms with E-state index >= 15 is 0 Å². The van der Waals surface area contributed by atoms with Crippen LogP contribution in [0.1, 0.15) is 0 Å². The van der Waals surface area contributed by atoms with Crippen molar-refractivity contribution in [2.75, 3.05) is 6.61 Å². The minimum absolute atomic E-state index is 0.129. The zero-order valence-electron chi connectivity index (χ0n) is 11.1. The summed E-state index contributed by atoms with van der Waals surface area (Å²) in [6.45, 7) is 0.721. The molecule has 1 aromatic carbocycles. The molecular formula is C15H12ClN3O2. The maximum Gasteiger partial charge on any atom is 0.262 e. The Morgan fingerprint density at radius 2 is 2.00 bits per heavy atom. The fourth-order valence-corrected chi connectivity index (χ4v) is 2.16. The highest BCUT2D eigenvalue weighted by molar-refractivity contribution is 6.32. The van der Waals surface area contributed by atoms with Gasteiger partial charge in [-0.25, -0.2) is 9.97 Å². The highest BCUT2D eigenvalue weighted by Gasteiger charge is 2.05. The van der Waals surface area contributed by atoms with Crippen molar-refractivity contribution in [3.05, 3.63) is 64.3 Å². The molecule has 0 bridgehead atoms. The van der Waals surface area contributed by atoms with Crippen molar-refractivity contribution in [3.63, 3.8) is 0 Å². The molecule has 0 saturated heterocycles. The summed E-state index contributed by atoms with van der Waals surface area (Å²) in [5.74, 6) is 0.600. The van der Waals surface area contributed by atoms with Gasteiger partial charge in [-0.15, -0.1) is 0 Å². The predicted octanol–water partition coefficient (Wildman–Crippen LogP) is 2.52. The van der Waals surface area contributed by atoms with Gasteiger partial charge >= 0.3 is 0 Å². The van der Waals surface area contributed by atoms with Crippen LogP contribution in [0.2, 0.25) is 5.02 Å². The normalized spacial score (nSPS) is 10.7. The molecule has 2 heterocycles. The molecule has 0 unspecified atom stereocenters. The zero-order chi connectivity index (χ0) is 14.7. The Bertz CT molecular complexity index is 832. The third-order valence-corrected chi connectivity index (χ3v) is 3.34. The van der Waals surface area contributed by atoms with Gasteiger partial charge in [0.15, 0.2) is 5.65 Å². The highest BCUT2D eigenvalue weighted by atomic mass is 35.5. The monoisotopic (exact) mass is 301 g/mol. The number of ether oxygens (including phenoxy) is 1. The molecule has 0 aliphatic rings. The second-order valence-electron chi connectivity index (χ2n) is 4.40. The number of hydrogen-bond acceptors (Lipinski definition) is 4. The molecule has 106 valence electrons. The molecule has 2 aromatic heterocycles. The summed E-state index contributed by atoms with van der Waals surface area (Å²) in [4.78, 5) is 20.4. The maximum absolute atomic E-state index is 12.2. The number of nitrogens with zero attached hydrogens (tertiary/aromatic N) is 3. The maximum atomic E-state index is 12.2. The number of pyridine rings is 1. The van der Waals surface area contributed by atoms with Crippen LogP contribution >= 0.6 is 11.6 Å². The molecule has 0 fully saturated rings. The van der Waals surface area contributed by atoms with Gasteiger partial charge in [-0.1, -0.05) is 23.7 Å². The van der Waals surface area contributed by atoms with E-state index in [1.165, 1.54) is 10.9 Å². The zero-order valence-corrected chi connectivity index (χ0v) is 11.8. The smallest absolute Gasteiger partial charge is 0.262 e. The quantitative estimate of drug-likeness (QED) is 0.743. The van der Waals surface area contributed by atoms with Gasteiger partial charge in [-0.2, -0.15) is 0 Å². The van der Waals surface area contributed by atoms with Crippen molar-refractivity contribution in [1.29, 1.82) is 0 Å². The van der Waals surface area contributed by atoms with E-state index in [1.807, 2.05) is 12.1 Å². The van der Waals surface area contributed by atoms with Gasteiger partial charge in [0.25, 0.3) is 5.56 Å². The summed E-state index contributed by atoms with van der Waals surface area (Å²) in [5, 5.41) is 1.04. The van der Waals surface area contributed by atoms with Crippen LogP contribution < -0.4 is 10.3 Å². The SMILES string of the molecule is O=c1c2cccnc2ncn1CCOc1ccccc1Cl. The van der Waals surface area contributed by atoms with Crippen LogP contribution in [0, 0.1) is 0 Å². The first kappa shape index (κ1) is 13.6. The van der Waals surface area contributed by atoms with Crippen molar-refractivity contribution in [2.24, 2.45) is 0 Å². The van der Waals surface area contributed by atoms with E-state index in [2.05, 4.69) is 9.97 Å². The van der Waals surface area contributed by atoms with Crippen LogP contribution in [0.25, 0.3) is 11.0 Å². The predicted molar refractivity (Wildman–Crippen MR) is 80.7 cm³/mol. The number of para-hydroxylation sites is 1. The number of benzene rings is 1. The number of hydrogen-bond donors (Lipinski definition) is 0. The number of halogens is 1. The first-order chi connectivity index (χ1) is 10.3. The highest BCUT2D eigenvalue weighted by Crippen LogP contribution is 2.22. The number of fused-ring (bicyclic) bond motifs is 1. The molecule has 6 heteroatoms. The molecule has 0 atom stereocenters. The minimum Gasteiger partial charge on any atom is -0.490 e. The topological polar surface area (TPSA) is 57.0 Å². The Kier molecular flexibility index (Phi) is 3.83. The first-order valence-corrected chi connectivity index (χ1v) is 6.81. The molecule has 0 N–H and O–H groups in total. The molecule has 0 radical (unpaired) electrons. The largest absolute Gasteiger partial charge is 0.490 e. The molecule has 0 aliphatic carbocycles. The van der Waals surface area contributed by atoms with Crippen LogP contribution in [0.4, 0.5) is 0 Å². The Labute approximate surface area is 125 Å². The Balaban J connectivity index is 1.76. The van der Waals surface area contributed by atoms with Gasteiger partial charge in [0, 0.05) is 6.20 Å². The Hall–Kier alpha value is -2.40. The van der Waals surface area contributed by atoms with Crippen LogP contribution in [-0.2, 0) is 6.54 Å². The van der Waals surface area contributed by atoms with E-state index in [9.17, 15) is 4.79 Å². The third-order valence-electron chi connectivity index (χ3n) is 3.02.